The summed E-state index contributed by atoms with van der Waals surface area (Å²) in [4.78, 5) is 10.1. The van der Waals surface area contributed by atoms with Gasteiger partial charge in [-0.3, -0.25) is 0 Å². The lowest BCUT2D eigenvalue weighted by atomic mass is 9.96. The zero-order chi connectivity index (χ0) is 14.3. The molecule has 1 aromatic rings. The second kappa shape index (κ2) is 8.04. The number of nitrogens with zero attached hydrogens (tertiary/aromatic N) is 1. The molecular formula is C13H18NO2PS2. The first-order valence-corrected chi connectivity index (χ1v) is 10.4. The van der Waals surface area contributed by atoms with Gasteiger partial charge in [-0.2, -0.15) is 5.26 Å². The summed E-state index contributed by atoms with van der Waals surface area (Å²) in [6.07, 6.45) is 0.195. The molecule has 0 saturated heterocycles. The molecule has 0 aliphatic carbocycles. The van der Waals surface area contributed by atoms with Crippen LogP contribution in [0, 0.1) is 11.3 Å². The zero-order valence-corrected chi connectivity index (χ0v) is 13.5. The van der Waals surface area contributed by atoms with E-state index in [1.165, 1.54) is 11.4 Å². The first kappa shape index (κ1) is 16.7. The molecule has 0 bridgehead atoms. The third kappa shape index (κ3) is 5.64. The average molecular weight is 315 g/mol. The molecule has 0 aliphatic heterocycles. The van der Waals surface area contributed by atoms with Gasteiger partial charge in [0.25, 0.3) is 0 Å². The highest BCUT2D eigenvalue weighted by Gasteiger charge is 2.26. The van der Waals surface area contributed by atoms with Gasteiger partial charge in [0, 0.05) is 11.7 Å². The lowest BCUT2D eigenvalue weighted by Gasteiger charge is -2.23. The summed E-state index contributed by atoms with van der Waals surface area (Å²) in [7, 11) is 0. The van der Waals surface area contributed by atoms with Gasteiger partial charge in [-0.25, -0.2) is 0 Å². The molecular weight excluding hydrogens is 297 g/mol. The minimum atomic E-state index is -2.93. The van der Waals surface area contributed by atoms with Crippen LogP contribution in [-0.4, -0.2) is 16.8 Å². The summed E-state index contributed by atoms with van der Waals surface area (Å²) >= 11 is 6.32. The Bertz CT molecular complexity index is 475. The van der Waals surface area contributed by atoms with E-state index in [4.69, 9.17) is 16.3 Å². The molecule has 104 valence electrons. The van der Waals surface area contributed by atoms with E-state index < -0.39 is 11.8 Å². The van der Waals surface area contributed by atoms with Gasteiger partial charge < -0.3 is 9.42 Å². The van der Waals surface area contributed by atoms with E-state index in [9.17, 15) is 10.2 Å². The van der Waals surface area contributed by atoms with Crippen LogP contribution in [0.4, 0.5) is 0 Å². The Labute approximate surface area is 123 Å². The highest BCUT2D eigenvalue weighted by atomic mass is 32.9. The maximum absolute atomic E-state index is 10.1. The molecule has 0 radical (unpaired) electrons. The molecule has 0 heterocycles. The third-order valence-electron chi connectivity index (χ3n) is 2.61. The largest absolute Gasteiger partial charge is 0.337 e. The first-order chi connectivity index (χ1) is 9.00. The van der Waals surface area contributed by atoms with E-state index >= 15 is 0 Å². The van der Waals surface area contributed by atoms with E-state index in [2.05, 4.69) is 6.07 Å². The van der Waals surface area contributed by atoms with Crippen molar-refractivity contribution in [2.24, 2.45) is 0 Å². The quantitative estimate of drug-likeness (QED) is 0.769. The number of nitriles is 1. The molecule has 3 atom stereocenters. The van der Waals surface area contributed by atoms with Crippen molar-refractivity contribution in [2.45, 2.75) is 32.3 Å². The molecule has 0 saturated carbocycles. The fraction of sp³-hybridized carbons (Fsp3) is 0.462. The number of hydrogen-bond donors (Lipinski definition) is 1. The molecule has 0 aliphatic rings. The second-order valence-electron chi connectivity index (χ2n) is 4.16. The van der Waals surface area contributed by atoms with Crippen molar-refractivity contribution >= 4 is 28.9 Å². The van der Waals surface area contributed by atoms with Crippen LogP contribution in [0.5, 0.6) is 0 Å². The summed E-state index contributed by atoms with van der Waals surface area (Å²) in [6.45, 7) is 3.92. The van der Waals surface area contributed by atoms with E-state index in [0.717, 1.165) is 17.7 Å². The third-order valence-corrected chi connectivity index (χ3v) is 7.01. The zero-order valence-electron chi connectivity index (χ0n) is 11.0. The molecule has 3 unspecified atom stereocenters. The molecule has 6 heteroatoms. The Morgan fingerprint density at radius 2 is 2.11 bits per heavy atom. The van der Waals surface area contributed by atoms with Crippen LogP contribution in [0.15, 0.2) is 30.3 Å². The van der Waals surface area contributed by atoms with Crippen LogP contribution in [0.25, 0.3) is 0 Å². The average Bonchev–Trinajstić information content (AvgIpc) is 2.43. The summed E-state index contributed by atoms with van der Waals surface area (Å²) in [6, 6.07) is 11.7. The van der Waals surface area contributed by atoms with Crippen LogP contribution in [0.2, 0.25) is 0 Å². The highest BCUT2D eigenvalue weighted by Crippen LogP contribution is 2.57. The van der Waals surface area contributed by atoms with Gasteiger partial charge in [0.1, 0.15) is 0 Å². The lowest BCUT2D eigenvalue weighted by molar-refractivity contribution is 0.235. The van der Waals surface area contributed by atoms with Crippen LogP contribution >= 0.6 is 17.1 Å². The highest BCUT2D eigenvalue weighted by molar-refractivity contribution is 8.67. The van der Waals surface area contributed by atoms with Crippen LogP contribution in [0.1, 0.15) is 31.7 Å². The van der Waals surface area contributed by atoms with Gasteiger partial charge in [-0.15, -0.1) is 0 Å². The fourth-order valence-electron chi connectivity index (χ4n) is 1.54. The maximum Gasteiger partial charge on any atom is 0.246 e. The monoisotopic (exact) mass is 315 g/mol. The van der Waals surface area contributed by atoms with E-state index in [1.807, 2.05) is 44.2 Å². The summed E-state index contributed by atoms with van der Waals surface area (Å²) < 4.78 is 5.49. The Balaban J connectivity index is 2.74. The molecule has 0 spiro atoms. The van der Waals surface area contributed by atoms with Gasteiger partial charge in [0.2, 0.25) is 5.69 Å². The Kier molecular flexibility index (Phi) is 7.06. The first-order valence-electron chi connectivity index (χ1n) is 6.10. The Morgan fingerprint density at radius 3 is 2.63 bits per heavy atom. The van der Waals surface area contributed by atoms with Gasteiger partial charge in [0.15, 0.2) is 6.10 Å². The van der Waals surface area contributed by atoms with Crippen molar-refractivity contribution < 1.29 is 9.42 Å². The van der Waals surface area contributed by atoms with Crippen LogP contribution < -0.4 is 0 Å². The molecule has 3 nitrogen and oxygen atoms in total. The van der Waals surface area contributed by atoms with E-state index in [0.29, 0.717) is 0 Å². The van der Waals surface area contributed by atoms with Gasteiger partial charge in [-0.05, 0) is 23.8 Å². The summed E-state index contributed by atoms with van der Waals surface area (Å²) in [5, 5.41) is 9.22. The van der Waals surface area contributed by atoms with Crippen molar-refractivity contribution in [3.8, 4) is 6.07 Å². The molecule has 1 rings (SSSR count). The predicted octanol–water partition coefficient (Wildman–Crippen LogP) is 4.06. The normalized spacial score (nSPS) is 17.2. The SMILES string of the molecule is CCCSP(O)(=S)OC(C#N)C(C)c1ccccc1. The smallest absolute Gasteiger partial charge is 0.246 e. The summed E-state index contributed by atoms with van der Waals surface area (Å²) in [5.41, 5.74) is -1.92. The lowest BCUT2D eigenvalue weighted by Crippen LogP contribution is -2.16. The number of benzene rings is 1. The van der Waals surface area contributed by atoms with Crippen LogP contribution in [-0.2, 0) is 16.3 Å². The maximum atomic E-state index is 10.1. The molecule has 0 aromatic heterocycles. The van der Waals surface area contributed by atoms with Crippen molar-refractivity contribution in [3.05, 3.63) is 35.9 Å². The standard InChI is InChI=1S/C13H18NO2PS2/c1-3-9-19-17(15,18)16-13(10-14)11(2)12-7-5-4-6-8-12/h4-8,11,13H,3,9H2,1-2H3,(H,15,18). The van der Waals surface area contributed by atoms with Crippen molar-refractivity contribution in [1.82, 2.24) is 0 Å². The number of rotatable bonds is 7. The van der Waals surface area contributed by atoms with Crippen molar-refractivity contribution in [2.75, 3.05) is 5.75 Å². The van der Waals surface area contributed by atoms with Gasteiger partial charge >= 0.3 is 0 Å². The minimum absolute atomic E-state index is 0.122. The molecule has 1 N–H and O–H groups in total. The molecule has 0 fully saturated rings. The van der Waals surface area contributed by atoms with Gasteiger partial charge in [-0.1, -0.05) is 55.6 Å². The molecule has 19 heavy (non-hydrogen) atoms. The predicted molar refractivity (Wildman–Crippen MR) is 84.6 cm³/mol. The topological polar surface area (TPSA) is 53.2 Å². The Hall–Kier alpha value is -0.370. The second-order valence-corrected chi connectivity index (χ2v) is 10.4. The summed E-state index contributed by atoms with van der Waals surface area (Å²) in [5.74, 6) is 0.619. The van der Waals surface area contributed by atoms with E-state index in [1.54, 1.807) is 0 Å². The minimum Gasteiger partial charge on any atom is -0.337 e. The number of hydrogen-bond acceptors (Lipinski definition) is 4. The molecule has 0 amide bonds. The molecule has 1 aromatic carbocycles. The fourth-order valence-corrected chi connectivity index (χ4v) is 5.18. The van der Waals surface area contributed by atoms with Crippen molar-refractivity contribution in [1.29, 1.82) is 5.26 Å². The Morgan fingerprint density at radius 1 is 1.47 bits per heavy atom. The van der Waals surface area contributed by atoms with Crippen LogP contribution in [0.3, 0.4) is 0 Å². The van der Waals surface area contributed by atoms with Gasteiger partial charge in [0.05, 0.1) is 6.07 Å². The van der Waals surface area contributed by atoms with Crippen molar-refractivity contribution in [3.63, 3.8) is 0 Å². The van der Waals surface area contributed by atoms with E-state index in [-0.39, 0.29) is 5.92 Å².